The summed E-state index contributed by atoms with van der Waals surface area (Å²) in [5, 5.41) is 0. The zero-order chi connectivity index (χ0) is 18.9. The Balaban J connectivity index is 1.76. The molecule has 5 heteroatoms. The summed E-state index contributed by atoms with van der Waals surface area (Å²) in [6, 6.07) is 20.4. The van der Waals surface area contributed by atoms with Gasteiger partial charge in [0.25, 0.3) is 0 Å². The molecule has 0 aliphatic rings. The van der Waals surface area contributed by atoms with Gasteiger partial charge in [0, 0.05) is 31.9 Å². The van der Waals surface area contributed by atoms with Gasteiger partial charge < -0.3 is 9.64 Å². The molecule has 1 aromatic heterocycles. The van der Waals surface area contributed by atoms with E-state index >= 15 is 0 Å². The standard InChI is InChI=1S/C22H23N3O2/c1-27-21(26)12-11-18-9-5-10-20(15-18)17-25(22-23-13-6-14-24-22)16-19-7-3-2-4-8-19/h2-10,13-15H,11-12,16-17H2,1H3. The van der Waals surface area contributed by atoms with Crippen molar-refractivity contribution in [3.8, 4) is 0 Å². The minimum atomic E-state index is -0.191. The normalized spacial score (nSPS) is 10.4. The molecule has 0 N–H and O–H groups in total. The van der Waals surface area contributed by atoms with E-state index in [0.29, 0.717) is 25.3 Å². The number of carbonyl (C=O) groups is 1. The van der Waals surface area contributed by atoms with Crippen LogP contribution in [0.25, 0.3) is 0 Å². The quantitative estimate of drug-likeness (QED) is 0.572. The summed E-state index contributed by atoms with van der Waals surface area (Å²) in [4.78, 5) is 22.4. The van der Waals surface area contributed by atoms with Crippen molar-refractivity contribution in [2.45, 2.75) is 25.9 Å². The lowest BCUT2D eigenvalue weighted by Gasteiger charge is -2.23. The number of nitrogens with zero attached hydrogens (tertiary/aromatic N) is 3. The van der Waals surface area contributed by atoms with Gasteiger partial charge in [0.05, 0.1) is 7.11 Å². The molecule has 138 valence electrons. The Labute approximate surface area is 159 Å². The van der Waals surface area contributed by atoms with Crippen LogP contribution in [0, 0.1) is 0 Å². The second-order valence-corrected chi connectivity index (χ2v) is 6.29. The Morgan fingerprint density at radius 3 is 2.30 bits per heavy atom. The Morgan fingerprint density at radius 2 is 1.56 bits per heavy atom. The maximum Gasteiger partial charge on any atom is 0.305 e. The fourth-order valence-corrected chi connectivity index (χ4v) is 2.91. The fraction of sp³-hybridized carbons (Fsp3) is 0.227. The van der Waals surface area contributed by atoms with Crippen LogP contribution in [0.2, 0.25) is 0 Å². The average molecular weight is 361 g/mol. The second-order valence-electron chi connectivity index (χ2n) is 6.29. The number of ether oxygens (including phenoxy) is 1. The fourth-order valence-electron chi connectivity index (χ4n) is 2.91. The van der Waals surface area contributed by atoms with Crippen LogP contribution in [0.1, 0.15) is 23.1 Å². The summed E-state index contributed by atoms with van der Waals surface area (Å²) in [5.41, 5.74) is 3.47. The number of hydrogen-bond donors (Lipinski definition) is 0. The first-order valence-corrected chi connectivity index (χ1v) is 8.95. The third kappa shape index (κ3) is 5.64. The van der Waals surface area contributed by atoms with Crippen LogP contribution in [-0.4, -0.2) is 23.0 Å². The largest absolute Gasteiger partial charge is 0.469 e. The molecule has 0 unspecified atom stereocenters. The van der Waals surface area contributed by atoms with Gasteiger partial charge in [-0.25, -0.2) is 9.97 Å². The number of aryl methyl sites for hydroxylation is 1. The van der Waals surface area contributed by atoms with Crippen LogP contribution in [-0.2, 0) is 29.0 Å². The van der Waals surface area contributed by atoms with Crippen molar-refractivity contribution in [2.75, 3.05) is 12.0 Å². The number of methoxy groups -OCH3 is 1. The Hall–Kier alpha value is -3.21. The lowest BCUT2D eigenvalue weighted by atomic mass is 10.1. The number of benzene rings is 2. The molecule has 0 bridgehead atoms. The molecule has 27 heavy (non-hydrogen) atoms. The first-order valence-electron chi connectivity index (χ1n) is 8.95. The zero-order valence-corrected chi connectivity index (χ0v) is 15.4. The van der Waals surface area contributed by atoms with Crippen molar-refractivity contribution < 1.29 is 9.53 Å². The van der Waals surface area contributed by atoms with Crippen LogP contribution < -0.4 is 4.90 Å². The van der Waals surface area contributed by atoms with E-state index < -0.39 is 0 Å². The maximum atomic E-state index is 11.4. The van der Waals surface area contributed by atoms with Gasteiger partial charge in [-0.15, -0.1) is 0 Å². The molecule has 3 rings (SSSR count). The molecule has 0 aliphatic carbocycles. The molecule has 0 aliphatic heterocycles. The van der Waals surface area contributed by atoms with E-state index in [-0.39, 0.29) is 5.97 Å². The number of carbonyl (C=O) groups excluding carboxylic acids is 1. The van der Waals surface area contributed by atoms with Crippen molar-refractivity contribution in [3.05, 3.63) is 89.7 Å². The highest BCUT2D eigenvalue weighted by Gasteiger charge is 2.11. The molecule has 5 nitrogen and oxygen atoms in total. The van der Waals surface area contributed by atoms with Crippen LogP contribution in [0.15, 0.2) is 73.1 Å². The van der Waals surface area contributed by atoms with Crippen molar-refractivity contribution in [3.63, 3.8) is 0 Å². The van der Waals surface area contributed by atoms with Gasteiger partial charge in [0.1, 0.15) is 0 Å². The Morgan fingerprint density at radius 1 is 0.889 bits per heavy atom. The smallest absolute Gasteiger partial charge is 0.305 e. The third-order valence-corrected chi connectivity index (χ3v) is 4.26. The Bertz CT molecular complexity index is 854. The van der Waals surface area contributed by atoms with Gasteiger partial charge in [-0.2, -0.15) is 0 Å². The maximum absolute atomic E-state index is 11.4. The highest BCUT2D eigenvalue weighted by molar-refractivity contribution is 5.69. The summed E-state index contributed by atoms with van der Waals surface area (Å²) in [6.07, 6.45) is 4.57. The van der Waals surface area contributed by atoms with E-state index in [2.05, 4.69) is 39.1 Å². The molecule has 0 fully saturated rings. The monoisotopic (exact) mass is 361 g/mol. The van der Waals surface area contributed by atoms with Crippen LogP contribution in [0.4, 0.5) is 5.95 Å². The highest BCUT2D eigenvalue weighted by atomic mass is 16.5. The molecule has 1 heterocycles. The zero-order valence-electron chi connectivity index (χ0n) is 15.4. The van der Waals surface area contributed by atoms with Crippen LogP contribution in [0.3, 0.4) is 0 Å². The van der Waals surface area contributed by atoms with Gasteiger partial charge >= 0.3 is 5.97 Å². The SMILES string of the molecule is COC(=O)CCc1cccc(CN(Cc2ccccc2)c2ncccn2)c1. The number of anilines is 1. The number of rotatable bonds is 8. The van der Waals surface area contributed by atoms with Gasteiger partial charge in [-0.1, -0.05) is 54.6 Å². The summed E-state index contributed by atoms with van der Waals surface area (Å²) in [7, 11) is 1.42. The molecule has 2 aromatic carbocycles. The third-order valence-electron chi connectivity index (χ3n) is 4.26. The summed E-state index contributed by atoms with van der Waals surface area (Å²) >= 11 is 0. The van der Waals surface area contributed by atoms with E-state index in [4.69, 9.17) is 4.74 Å². The highest BCUT2D eigenvalue weighted by Crippen LogP contribution is 2.17. The van der Waals surface area contributed by atoms with Crippen molar-refractivity contribution in [1.29, 1.82) is 0 Å². The second kappa shape index (κ2) is 9.48. The van der Waals surface area contributed by atoms with Gasteiger partial charge in [-0.05, 0) is 29.2 Å². The van der Waals surface area contributed by atoms with E-state index in [1.807, 2.05) is 36.4 Å². The summed E-state index contributed by atoms with van der Waals surface area (Å²) in [5.74, 6) is 0.505. The molecule has 0 amide bonds. The van der Waals surface area contributed by atoms with Crippen LogP contribution in [0.5, 0.6) is 0 Å². The van der Waals surface area contributed by atoms with Crippen molar-refractivity contribution >= 4 is 11.9 Å². The predicted molar refractivity (Wildman–Crippen MR) is 105 cm³/mol. The summed E-state index contributed by atoms with van der Waals surface area (Å²) < 4.78 is 4.73. The van der Waals surface area contributed by atoms with E-state index in [1.165, 1.54) is 12.7 Å². The molecule has 0 radical (unpaired) electrons. The molecule has 0 spiro atoms. The topological polar surface area (TPSA) is 55.3 Å². The minimum Gasteiger partial charge on any atom is -0.469 e. The van der Waals surface area contributed by atoms with Crippen molar-refractivity contribution in [2.24, 2.45) is 0 Å². The molecular formula is C22H23N3O2. The molecule has 0 atom stereocenters. The lowest BCUT2D eigenvalue weighted by Crippen LogP contribution is -2.24. The van der Waals surface area contributed by atoms with E-state index in [1.54, 1.807) is 12.4 Å². The van der Waals surface area contributed by atoms with Crippen molar-refractivity contribution in [1.82, 2.24) is 9.97 Å². The number of hydrogen-bond acceptors (Lipinski definition) is 5. The molecule has 0 saturated carbocycles. The minimum absolute atomic E-state index is 0.191. The first-order chi connectivity index (χ1) is 13.2. The van der Waals surface area contributed by atoms with Gasteiger partial charge in [0.15, 0.2) is 0 Å². The number of aromatic nitrogens is 2. The lowest BCUT2D eigenvalue weighted by molar-refractivity contribution is -0.140. The molecule has 0 saturated heterocycles. The number of esters is 1. The van der Waals surface area contributed by atoms with Crippen LogP contribution >= 0.6 is 0 Å². The average Bonchev–Trinajstić information content (AvgIpc) is 2.73. The Kier molecular flexibility index (Phi) is 6.52. The van der Waals surface area contributed by atoms with Gasteiger partial charge in [-0.3, -0.25) is 4.79 Å². The first kappa shape index (κ1) is 18.6. The summed E-state index contributed by atoms with van der Waals surface area (Å²) in [6.45, 7) is 1.40. The van der Waals surface area contributed by atoms with Gasteiger partial charge in [0.2, 0.25) is 5.95 Å². The molecule has 3 aromatic rings. The van der Waals surface area contributed by atoms with E-state index in [0.717, 1.165) is 17.7 Å². The molecular weight excluding hydrogens is 338 g/mol. The van der Waals surface area contributed by atoms with E-state index in [9.17, 15) is 4.79 Å². The predicted octanol–water partition coefficient (Wildman–Crippen LogP) is 3.79.